The number of nitrogens with zero attached hydrogens (tertiary/aromatic N) is 2. The molecular formula is C20H26N4O2. The second-order valence-corrected chi connectivity index (χ2v) is 7.70. The van der Waals surface area contributed by atoms with Crippen LogP contribution < -0.4 is 15.8 Å². The summed E-state index contributed by atoms with van der Waals surface area (Å²) >= 11 is 0. The summed E-state index contributed by atoms with van der Waals surface area (Å²) in [6, 6.07) is 8.43. The largest absolute Gasteiger partial charge is 0.371 e. The first-order chi connectivity index (χ1) is 12.4. The van der Waals surface area contributed by atoms with Crippen molar-refractivity contribution in [2.45, 2.75) is 39.0 Å². The Morgan fingerprint density at radius 2 is 2.08 bits per heavy atom. The van der Waals surface area contributed by atoms with Gasteiger partial charge in [0, 0.05) is 36.9 Å². The molecule has 0 fully saturated rings. The highest BCUT2D eigenvalue weighted by Crippen LogP contribution is 2.27. The van der Waals surface area contributed by atoms with Crippen LogP contribution in [0.3, 0.4) is 0 Å². The molecule has 0 aliphatic carbocycles. The average molecular weight is 354 g/mol. The molecule has 2 N–H and O–H groups in total. The summed E-state index contributed by atoms with van der Waals surface area (Å²) < 4.78 is 0. The number of amides is 1. The lowest BCUT2D eigenvalue weighted by Crippen LogP contribution is -2.34. The fraction of sp³-hybridized carbons (Fsp3) is 0.450. The van der Waals surface area contributed by atoms with Gasteiger partial charge in [-0.2, -0.15) is 0 Å². The molecule has 0 radical (unpaired) electrons. The fourth-order valence-corrected chi connectivity index (χ4v) is 3.14. The van der Waals surface area contributed by atoms with Crippen molar-refractivity contribution in [1.82, 2.24) is 15.3 Å². The van der Waals surface area contributed by atoms with E-state index >= 15 is 0 Å². The molecule has 138 valence electrons. The summed E-state index contributed by atoms with van der Waals surface area (Å²) in [7, 11) is 0. The third kappa shape index (κ3) is 3.95. The van der Waals surface area contributed by atoms with E-state index in [2.05, 4.69) is 44.5 Å². The molecule has 1 aliphatic heterocycles. The number of hydrogen-bond acceptors (Lipinski definition) is 4. The fourth-order valence-electron chi connectivity index (χ4n) is 3.14. The molecule has 0 bridgehead atoms. The lowest BCUT2D eigenvalue weighted by molar-refractivity contribution is 0.0951. The van der Waals surface area contributed by atoms with E-state index in [9.17, 15) is 9.59 Å². The zero-order chi connectivity index (χ0) is 18.7. The van der Waals surface area contributed by atoms with Gasteiger partial charge in [-0.05, 0) is 24.5 Å². The smallest absolute Gasteiger partial charge is 0.263 e. The van der Waals surface area contributed by atoms with Crippen molar-refractivity contribution in [3.8, 4) is 0 Å². The van der Waals surface area contributed by atoms with E-state index in [1.54, 1.807) is 0 Å². The number of hydrogen-bond donors (Lipinski definition) is 2. The lowest BCUT2D eigenvalue weighted by Gasteiger charge is -2.19. The molecule has 1 amide bonds. The molecule has 1 aliphatic rings. The van der Waals surface area contributed by atoms with Crippen molar-refractivity contribution in [1.29, 1.82) is 0 Å². The van der Waals surface area contributed by atoms with Gasteiger partial charge >= 0.3 is 0 Å². The monoisotopic (exact) mass is 354 g/mol. The summed E-state index contributed by atoms with van der Waals surface area (Å²) in [5.74, 6) is 0.202. The van der Waals surface area contributed by atoms with Crippen molar-refractivity contribution < 1.29 is 4.79 Å². The van der Waals surface area contributed by atoms with E-state index in [1.807, 2.05) is 20.8 Å². The van der Waals surface area contributed by atoms with Gasteiger partial charge in [0.1, 0.15) is 11.4 Å². The van der Waals surface area contributed by atoms with Gasteiger partial charge in [-0.1, -0.05) is 39.0 Å². The molecule has 2 aromatic rings. The molecule has 0 unspecified atom stereocenters. The average Bonchev–Trinajstić information content (AvgIpc) is 3.01. The Balaban J connectivity index is 1.52. The number of anilines is 1. The SMILES string of the molecule is CC(C)(C)c1ncc(C(=O)NCCCN2CCc3ccccc32)c(=O)[nH]1. The standard InChI is InChI=1S/C20H26N4O2/c1-20(2,3)19-22-13-15(18(26)23-19)17(25)21-10-6-11-24-12-9-14-7-4-5-8-16(14)24/h4-5,7-8,13H,6,9-12H2,1-3H3,(H,21,25)(H,22,23,26). The van der Waals surface area contributed by atoms with Gasteiger partial charge in [-0.3, -0.25) is 9.59 Å². The highest BCUT2D eigenvalue weighted by Gasteiger charge is 2.20. The Morgan fingerprint density at radius 3 is 2.81 bits per heavy atom. The van der Waals surface area contributed by atoms with Gasteiger partial charge in [0.05, 0.1) is 0 Å². The molecular weight excluding hydrogens is 328 g/mol. The third-order valence-electron chi connectivity index (χ3n) is 4.63. The molecule has 1 aromatic carbocycles. The van der Waals surface area contributed by atoms with Crippen LogP contribution in [0.4, 0.5) is 5.69 Å². The highest BCUT2D eigenvalue weighted by molar-refractivity contribution is 5.93. The number of nitrogens with one attached hydrogen (secondary N) is 2. The van der Waals surface area contributed by atoms with Crippen LogP contribution in [0.15, 0.2) is 35.3 Å². The van der Waals surface area contributed by atoms with E-state index in [0.717, 1.165) is 25.9 Å². The molecule has 2 heterocycles. The Labute approximate surface area is 153 Å². The Morgan fingerprint density at radius 1 is 1.31 bits per heavy atom. The number of carbonyl (C=O) groups excluding carboxylic acids is 1. The first-order valence-corrected chi connectivity index (χ1v) is 9.07. The number of aromatic nitrogens is 2. The number of rotatable bonds is 5. The molecule has 0 saturated carbocycles. The molecule has 3 rings (SSSR count). The maximum absolute atomic E-state index is 12.2. The molecule has 6 heteroatoms. The predicted octanol–water partition coefficient (Wildman–Crippen LogP) is 2.25. The van der Waals surface area contributed by atoms with Crippen molar-refractivity contribution in [2.75, 3.05) is 24.5 Å². The van der Waals surface area contributed by atoms with Crippen LogP contribution in [-0.4, -0.2) is 35.5 Å². The van der Waals surface area contributed by atoms with Crippen molar-refractivity contribution in [3.05, 3.63) is 57.8 Å². The minimum absolute atomic E-state index is 0.0597. The van der Waals surface area contributed by atoms with Gasteiger partial charge in [-0.15, -0.1) is 0 Å². The number of H-pyrrole nitrogens is 1. The summed E-state index contributed by atoms with van der Waals surface area (Å²) in [6.07, 6.45) is 3.26. The van der Waals surface area contributed by atoms with E-state index in [1.165, 1.54) is 17.4 Å². The Bertz CT molecular complexity index is 851. The quantitative estimate of drug-likeness (QED) is 0.808. The second-order valence-electron chi connectivity index (χ2n) is 7.70. The topological polar surface area (TPSA) is 78.1 Å². The lowest BCUT2D eigenvalue weighted by atomic mass is 9.96. The summed E-state index contributed by atoms with van der Waals surface area (Å²) in [5, 5.41) is 2.82. The van der Waals surface area contributed by atoms with Gasteiger partial charge in [0.2, 0.25) is 0 Å². The number of fused-ring (bicyclic) bond motifs is 1. The molecule has 0 spiro atoms. The zero-order valence-electron chi connectivity index (χ0n) is 15.6. The van der Waals surface area contributed by atoms with Crippen LogP contribution in [-0.2, 0) is 11.8 Å². The number of para-hydroxylation sites is 1. The van der Waals surface area contributed by atoms with Gasteiger partial charge in [-0.25, -0.2) is 4.98 Å². The normalized spacial score (nSPS) is 13.6. The number of carbonyl (C=O) groups is 1. The van der Waals surface area contributed by atoms with Crippen molar-refractivity contribution in [2.24, 2.45) is 0 Å². The molecule has 0 saturated heterocycles. The summed E-state index contributed by atoms with van der Waals surface area (Å²) in [4.78, 5) is 33.7. The molecule has 1 aromatic heterocycles. The first-order valence-electron chi connectivity index (χ1n) is 9.07. The van der Waals surface area contributed by atoms with Crippen LogP contribution in [0.2, 0.25) is 0 Å². The van der Waals surface area contributed by atoms with Crippen LogP contribution in [0, 0.1) is 0 Å². The maximum atomic E-state index is 12.2. The Hall–Kier alpha value is -2.63. The molecule has 26 heavy (non-hydrogen) atoms. The zero-order valence-corrected chi connectivity index (χ0v) is 15.6. The predicted molar refractivity (Wildman–Crippen MR) is 103 cm³/mol. The number of aromatic amines is 1. The van der Waals surface area contributed by atoms with Crippen LogP contribution in [0.5, 0.6) is 0 Å². The third-order valence-corrected chi connectivity index (χ3v) is 4.63. The van der Waals surface area contributed by atoms with Gasteiger partial charge in [0.15, 0.2) is 0 Å². The summed E-state index contributed by atoms with van der Waals surface area (Å²) in [5.41, 5.74) is 2.07. The van der Waals surface area contributed by atoms with Crippen LogP contribution in [0.25, 0.3) is 0 Å². The minimum Gasteiger partial charge on any atom is -0.371 e. The second kappa shape index (κ2) is 7.32. The van der Waals surface area contributed by atoms with Crippen LogP contribution in [0.1, 0.15) is 48.9 Å². The van der Waals surface area contributed by atoms with Gasteiger partial charge in [0.25, 0.3) is 11.5 Å². The van der Waals surface area contributed by atoms with Crippen molar-refractivity contribution in [3.63, 3.8) is 0 Å². The summed E-state index contributed by atoms with van der Waals surface area (Å²) in [6.45, 7) is 8.31. The van der Waals surface area contributed by atoms with E-state index < -0.39 is 5.56 Å². The Kier molecular flexibility index (Phi) is 5.11. The van der Waals surface area contributed by atoms with E-state index in [-0.39, 0.29) is 16.9 Å². The highest BCUT2D eigenvalue weighted by atomic mass is 16.2. The number of benzene rings is 1. The minimum atomic E-state index is -0.393. The van der Waals surface area contributed by atoms with E-state index in [4.69, 9.17) is 0 Å². The maximum Gasteiger partial charge on any atom is 0.263 e. The van der Waals surface area contributed by atoms with Crippen molar-refractivity contribution >= 4 is 11.6 Å². The van der Waals surface area contributed by atoms with Crippen LogP contribution >= 0.6 is 0 Å². The van der Waals surface area contributed by atoms with E-state index in [0.29, 0.717) is 12.4 Å². The molecule has 6 nitrogen and oxygen atoms in total. The van der Waals surface area contributed by atoms with Gasteiger partial charge < -0.3 is 15.2 Å². The first kappa shape index (κ1) is 18.2. The molecule has 0 atom stereocenters.